The molecule has 0 spiro atoms. The molecule has 0 saturated heterocycles. The zero-order valence-corrected chi connectivity index (χ0v) is 17.7. The standard InChI is InChI=1S/C17H20Cl2N2O4S2/c1-2-15(21-27(24,25)17-9-5-14(19)6-10-17)11-12-20-26(22,23)16-7-3-13(18)4-8-16/h3-10,15,20-21H,2,11-12H2,1H3. The van der Waals surface area contributed by atoms with Crippen molar-refractivity contribution in [3.05, 3.63) is 58.6 Å². The van der Waals surface area contributed by atoms with Crippen LogP contribution in [0.15, 0.2) is 58.3 Å². The third-order valence-corrected chi connectivity index (χ3v) is 7.36. The Morgan fingerprint density at radius 1 is 0.815 bits per heavy atom. The number of hydrogen-bond donors (Lipinski definition) is 2. The smallest absolute Gasteiger partial charge is 0.211 e. The molecular formula is C17H20Cl2N2O4S2. The van der Waals surface area contributed by atoms with Crippen molar-refractivity contribution in [2.24, 2.45) is 0 Å². The minimum absolute atomic E-state index is 0.0899. The molecule has 0 bridgehead atoms. The molecule has 0 saturated carbocycles. The van der Waals surface area contributed by atoms with Crippen molar-refractivity contribution >= 4 is 43.2 Å². The molecule has 0 aliphatic carbocycles. The third-order valence-electron chi connectivity index (χ3n) is 3.85. The van der Waals surface area contributed by atoms with E-state index in [4.69, 9.17) is 23.2 Å². The lowest BCUT2D eigenvalue weighted by Gasteiger charge is -2.17. The Morgan fingerprint density at radius 2 is 1.26 bits per heavy atom. The average Bonchev–Trinajstić information content (AvgIpc) is 2.61. The van der Waals surface area contributed by atoms with Gasteiger partial charge in [-0.25, -0.2) is 26.3 Å². The van der Waals surface area contributed by atoms with Gasteiger partial charge in [0.25, 0.3) is 0 Å². The summed E-state index contributed by atoms with van der Waals surface area (Å²) >= 11 is 11.5. The maximum absolute atomic E-state index is 12.4. The quantitative estimate of drug-likeness (QED) is 0.611. The van der Waals surface area contributed by atoms with Crippen LogP contribution in [0.5, 0.6) is 0 Å². The molecule has 0 heterocycles. The van der Waals surface area contributed by atoms with Crippen LogP contribution in [0.3, 0.4) is 0 Å². The van der Waals surface area contributed by atoms with E-state index in [-0.39, 0.29) is 16.3 Å². The summed E-state index contributed by atoms with van der Waals surface area (Å²) in [6.07, 6.45) is 0.811. The molecule has 27 heavy (non-hydrogen) atoms. The van der Waals surface area contributed by atoms with Gasteiger partial charge in [0, 0.05) is 22.6 Å². The van der Waals surface area contributed by atoms with Crippen molar-refractivity contribution in [3.8, 4) is 0 Å². The minimum atomic E-state index is -3.71. The number of nitrogens with one attached hydrogen (secondary N) is 2. The Labute approximate surface area is 170 Å². The maximum atomic E-state index is 12.4. The molecule has 0 fully saturated rings. The largest absolute Gasteiger partial charge is 0.240 e. The molecule has 1 unspecified atom stereocenters. The molecule has 2 aromatic rings. The summed E-state index contributed by atoms with van der Waals surface area (Å²) in [7, 11) is -7.39. The fourth-order valence-electron chi connectivity index (χ4n) is 2.31. The van der Waals surface area contributed by atoms with Gasteiger partial charge in [0.15, 0.2) is 0 Å². The van der Waals surface area contributed by atoms with Gasteiger partial charge >= 0.3 is 0 Å². The van der Waals surface area contributed by atoms with Crippen LogP contribution in [0.25, 0.3) is 0 Å². The van der Waals surface area contributed by atoms with Crippen molar-refractivity contribution in [2.45, 2.75) is 35.6 Å². The SMILES string of the molecule is CCC(CCNS(=O)(=O)c1ccc(Cl)cc1)NS(=O)(=O)c1ccc(Cl)cc1. The fourth-order valence-corrected chi connectivity index (χ4v) is 4.97. The Balaban J connectivity index is 1.97. The molecule has 2 aromatic carbocycles. The van der Waals surface area contributed by atoms with E-state index in [0.717, 1.165) is 0 Å². The van der Waals surface area contributed by atoms with Crippen LogP contribution in [0, 0.1) is 0 Å². The summed E-state index contributed by atoms with van der Waals surface area (Å²) in [4.78, 5) is 0.203. The van der Waals surface area contributed by atoms with Crippen LogP contribution >= 0.6 is 23.2 Å². The maximum Gasteiger partial charge on any atom is 0.240 e. The zero-order valence-electron chi connectivity index (χ0n) is 14.5. The van der Waals surface area contributed by atoms with Gasteiger partial charge in [0.05, 0.1) is 9.79 Å². The van der Waals surface area contributed by atoms with E-state index in [2.05, 4.69) is 9.44 Å². The number of rotatable bonds is 9. The van der Waals surface area contributed by atoms with E-state index in [1.165, 1.54) is 48.5 Å². The summed E-state index contributed by atoms with van der Waals surface area (Å²) in [6, 6.07) is 11.2. The van der Waals surface area contributed by atoms with E-state index < -0.39 is 26.1 Å². The Bertz CT molecular complexity index is 961. The molecule has 0 amide bonds. The zero-order chi connectivity index (χ0) is 20.1. The van der Waals surface area contributed by atoms with E-state index in [9.17, 15) is 16.8 Å². The van der Waals surface area contributed by atoms with Crippen LogP contribution in [0.1, 0.15) is 19.8 Å². The summed E-state index contributed by atoms with van der Waals surface area (Å²) in [6.45, 7) is 1.91. The van der Waals surface area contributed by atoms with E-state index in [1.54, 1.807) is 0 Å². The molecule has 2 rings (SSSR count). The van der Waals surface area contributed by atoms with Crippen molar-refractivity contribution in [2.75, 3.05) is 6.54 Å². The molecule has 0 aliphatic rings. The van der Waals surface area contributed by atoms with Gasteiger partial charge in [0.2, 0.25) is 20.0 Å². The van der Waals surface area contributed by atoms with E-state index in [0.29, 0.717) is 22.9 Å². The lowest BCUT2D eigenvalue weighted by molar-refractivity contribution is 0.511. The second-order valence-corrected chi connectivity index (χ2v) is 10.2. The second kappa shape index (κ2) is 9.36. The third kappa shape index (κ3) is 6.44. The van der Waals surface area contributed by atoms with Crippen molar-refractivity contribution in [1.82, 2.24) is 9.44 Å². The first-order chi connectivity index (χ1) is 12.6. The highest BCUT2D eigenvalue weighted by Gasteiger charge is 2.20. The minimum Gasteiger partial charge on any atom is -0.211 e. The van der Waals surface area contributed by atoms with Gasteiger partial charge in [-0.3, -0.25) is 0 Å². The monoisotopic (exact) mass is 450 g/mol. The molecule has 2 N–H and O–H groups in total. The molecule has 148 valence electrons. The highest BCUT2D eigenvalue weighted by molar-refractivity contribution is 7.89. The summed E-state index contributed by atoms with van der Waals surface area (Å²) in [5, 5.41) is 0.884. The molecule has 0 aliphatic heterocycles. The predicted octanol–water partition coefficient (Wildman–Crippen LogP) is 3.42. The van der Waals surface area contributed by atoms with Crippen molar-refractivity contribution in [1.29, 1.82) is 0 Å². The molecular weight excluding hydrogens is 431 g/mol. The Kier molecular flexibility index (Phi) is 7.67. The number of hydrogen-bond acceptors (Lipinski definition) is 4. The van der Waals surface area contributed by atoms with Crippen LogP contribution in [-0.2, 0) is 20.0 Å². The van der Waals surface area contributed by atoms with Gasteiger partial charge < -0.3 is 0 Å². The topological polar surface area (TPSA) is 92.3 Å². The van der Waals surface area contributed by atoms with Crippen LogP contribution in [-0.4, -0.2) is 29.4 Å². The normalized spacial score (nSPS) is 13.4. The lowest BCUT2D eigenvalue weighted by atomic mass is 10.2. The van der Waals surface area contributed by atoms with E-state index >= 15 is 0 Å². The number of sulfonamides is 2. The average molecular weight is 451 g/mol. The molecule has 1 atom stereocenters. The fraction of sp³-hybridized carbons (Fsp3) is 0.294. The van der Waals surface area contributed by atoms with Crippen LogP contribution < -0.4 is 9.44 Å². The van der Waals surface area contributed by atoms with Crippen LogP contribution in [0.2, 0.25) is 10.0 Å². The summed E-state index contributed by atoms with van der Waals surface area (Å²) < 4.78 is 54.4. The first-order valence-corrected chi connectivity index (χ1v) is 11.9. The Morgan fingerprint density at radius 3 is 1.70 bits per heavy atom. The van der Waals surface area contributed by atoms with Gasteiger partial charge in [-0.2, -0.15) is 0 Å². The second-order valence-electron chi connectivity index (χ2n) is 5.82. The first-order valence-electron chi connectivity index (χ1n) is 8.17. The van der Waals surface area contributed by atoms with Gasteiger partial charge in [-0.05, 0) is 61.4 Å². The molecule has 10 heteroatoms. The summed E-state index contributed by atoms with van der Waals surface area (Å²) in [5.74, 6) is 0. The van der Waals surface area contributed by atoms with Crippen molar-refractivity contribution in [3.63, 3.8) is 0 Å². The lowest BCUT2D eigenvalue weighted by Crippen LogP contribution is -2.37. The number of benzene rings is 2. The molecule has 0 radical (unpaired) electrons. The molecule has 6 nitrogen and oxygen atoms in total. The highest BCUT2D eigenvalue weighted by atomic mass is 35.5. The highest BCUT2D eigenvalue weighted by Crippen LogP contribution is 2.16. The van der Waals surface area contributed by atoms with Gasteiger partial charge in [-0.1, -0.05) is 30.1 Å². The Hall–Kier alpha value is -1.16. The number of halogens is 2. The predicted molar refractivity (Wildman–Crippen MR) is 107 cm³/mol. The van der Waals surface area contributed by atoms with Crippen molar-refractivity contribution < 1.29 is 16.8 Å². The summed E-state index contributed by atoms with van der Waals surface area (Å²) in [5.41, 5.74) is 0. The van der Waals surface area contributed by atoms with Gasteiger partial charge in [-0.15, -0.1) is 0 Å². The van der Waals surface area contributed by atoms with E-state index in [1.807, 2.05) is 6.92 Å². The van der Waals surface area contributed by atoms with Gasteiger partial charge in [0.1, 0.15) is 0 Å². The first kappa shape index (κ1) is 22.1. The molecule has 0 aromatic heterocycles. The van der Waals surface area contributed by atoms with Crippen LogP contribution in [0.4, 0.5) is 0 Å².